The van der Waals surface area contributed by atoms with Crippen LogP contribution in [0.15, 0.2) is 12.2 Å². The molecule has 0 aliphatic heterocycles. The molecule has 142 valence electrons. The van der Waals surface area contributed by atoms with E-state index in [2.05, 4.69) is 31.3 Å². The Balaban J connectivity index is 3.23. The molecule has 0 unspecified atom stereocenters. The predicted octanol–water partition coefficient (Wildman–Crippen LogP) is 4.63. The Morgan fingerprint density at radius 1 is 0.833 bits per heavy atom. The average molecular weight is 342 g/mol. The fourth-order valence-corrected chi connectivity index (χ4v) is 2.29. The van der Waals surface area contributed by atoms with E-state index in [1.165, 1.54) is 38.5 Å². The third kappa shape index (κ3) is 19.2. The second-order valence-electron chi connectivity index (χ2n) is 6.15. The number of rotatable bonds is 18. The normalized spacial score (nSPS) is 11.2. The summed E-state index contributed by atoms with van der Waals surface area (Å²) < 4.78 is 10.5. The zero-order valence-electron chi connectivity index (χ0n) is 16.0. The van der Waals surface area contributed by atoms with Gasteiger partial charge in [-0.15, -0.1) is 0 Å². The summed E-state index contributed by atoms with van der Waals surface area (Å²) in [6, 6.07) is 0. The van der Waals surface area contributed by atoms with Crippen LogP contribution in [-0.2, 0) is 14.3 Å². The van der Waals surface area contributed by atoms with Gasteiger partial charge in [-0.3, -0.25) is 4.79 Å². The Bertz CT molecular complexity index is 293. The van der Waals surface area contributed by atoms with Gasteiger partial charge in [0.1, 0.15) is 6.61 Å². The lowest BCUT2D eigenvalue weighted by Gasteiger charge is -2.06. The van der Waals surface area contributed by atoms with Crippen molar-refractivity contribution in [1.29, 1.82) is 0 Å². The van der Waals surface area contributed by atoms with Gasteiger partial charge in [-0.05, 0) is 32.1 Å². The van der Waals surface area contributed by atoms with E-state index in [4.69, 9.17) is 9.47 Å². The van der Waals surface area contributed by atoms with E-state index in [9.17, 15) is 4.79 Å². The maximum absolute atomic E-state index is 11.6. The van der Waals surface area contributed by atoms with Crippen LogP contribution in [0.5, 0.6) is 0 Å². The summed E-state index contributed by atoms with van der Waals surface area (Å²) >= 11 is 0. The molecule has 0 aromatic rings. The lowest BCUT2D eigenvalue weighted by Crippen LogP contribution is -2.25. The van der Waals surface area contributed by atoms with Gasteiger partial charge < -0.3 is 14.8 Å². The maximum atomic E-state index is 11.6. The van der Waals surface area contributed by atoms with Crippen molar-refractivity contribution in [1.82, 2.24) is 5.32 Å². The minimum Gasteiger partial charge on any atom is -0.464 e. The number of nitrogens with one attached hydrogen (secondary N) is 1. The highest BCUT2D eigenvalue weighted by atomic mass is 16.5. The van der Waals surface area contributed by atoms with Crippen LogP contribution in [-0.4, -0.2) is 38.9 Å². The number of ether oxygens (including phenoxy) is 2. The van der Waals surface area contributed by atoms with Gasteiger partial charge in [0, 0.05) is 26.1 Å². The molecule has 0 atom stereocenters. The lowest BCUT2D eigenvalue weighted by molar-refractivity contribution is -0.143. The summed E-state index contributed by atoms with van der Waals surface area (Å²) in [4.78, 5) is 11.6. The van der Waals surface area contributed by atoms with Gasteiger partial charge in [0.2, 0.25) is 0 Å². The zero-order valence-corrected chi connectivity index (χ0v) is 16.0. The van der Waals surface area contributed by atoms with E-state index in [-0.39, 0.29) is 5.97 Å². The molecule has 0 heterocycles. The summed E-state index contributed by atoms with van der Waals surface area (Å²) in [6.07, 6.45) is 15.7. The van der Waals surface area contributed by atoms with E-state index in [1.807, 2.05) is 0 Å². The zero-order chi connectivity index (χ0) is 17.7. The minimum atomic E-state index is -0.0907. The first-order valence-corrected chi connectivity index (χ1v) is 9.90. The molecule has 0 aromatic carbocycles. The van der Waals surface area contributed by atoms with Crippen molar-refractivity contribution in [2.45, 2.75) is 78.1 Å². The Morgan fingerprint density at radius 3 is 2.29 bits per heavy atom. The maximum Gasteiger partial charge on any atom is 0.305 e. The first-order chi connectivity index (χ1) is 11.8. The van der Waals surface area contributed by atoms with E-state index in [0.29, 0.717) is 26.2 Å². The molecule has 0 saturated heterocycles. The number of carbonyl (C=O) groups is 1. The highest BCUT2D eigenvalue weighted by Gasteiger charge is 2.01. The molecule has 0 aliphatic rings. The monoisotopic (exact) mass is 341 g/mol. The summed E-state index contributed by atoms with van der Waals surface area (Å²) in [6.45, 7) is 7.80. The molecule has 4 nitrogen and oxygen atoms in total. The summed E-state index contributed by atoms with van der Waals surface area (Å²) in [5, 5.41) is 3.19. The average Bonchev–Trinajstić information content (AvgIpc) is 2.59. The topological polar surface area (TPSA) is 47.6 Å². The fourth-order valence-electron chi connectivity index (χ4n) is 2.29. The van der Waals surface area contributed by atoms with Crippen LogP contribution in [0.2, 0.25) is 0 Å². The third-order valence-electron chi connectivity index (χ3n) is 3.71. The van der Waals surface area contributed by atoms with Gasteiger partial charge in [0.05, 0.1) is 6.61 Å². The minimum absolute atomic E-state index is 0.0907. The molecule has 24 heavy (non-hydrogen) atoms. The molecule has 1 N–H and O–H groups in total. The SMILES string of the molecule is CCCCCCC/C=C/CCCC(=O)OCCNCCOCCC. The van der Waals surface area contributed by atoms with Crippen molar-refractivity contribution >= 4 is 5.97 Å². The molecule has 0 bridgehead atoms. The molecule has 0 radical (unpaired) electrons. The standard InChI is InChI=1S/C20H39NO3/c1-3-5-6-7-8-9-10-11-12-13-14-20(22)24-19-16-21-15-18-23-17-4-2/h10-11,21H,3-9,12-19H2,1-2H3/b11-10+. The fraction of sp³-hybridized carbons (Fsp3) is 0.850. The second kappa shape index (κ2) is 20.2. The van der Waals surface area contributed by atoms with E-state index >= 15 is 0 Å². The Kier molecular flexibility index (Phi) is 19.4. The van der Waals surface area contributed by atoms with Gasteiger partial charge in [0.25, 0.3) is 0 Å². The van der Waals surface area contributed by atoms with E-state index in [1.54, 1.807) is 0 Å². The Morgan fingerprint density at radius 2 is 1.54 bits per heavy atom. The van der Waals surface area contributed by atoms with Crippen molar-refractivity contribution < 1.29 is 14.3 Å². The van der Waals surface area contributed by atoms with E-state index in [0.717, 1.165) is 32.4 Å². The van der Waals surface area contributed by atoms with Crippen molar-refractivity contribution in [3.63, 3.8) is 0 Å². The molecule has 0 fully saturated rings. The van der Waals surface area contributed by atoms with Gasteiger partial charge in [-0.1, -0.05) is 51.7 Å². The Labute approximate surface area is 149 Å². The molecule has 0 rings (SSSR count). The van der Waals surface area contributed by atoms with Crippen molar-refractivity contribution in [3.8, 4) is 0 Å². The molecule has 0 spiro atoms. The van der Waals surface area contributed by atoms with Crippen LogP contribution in [0.4, 0.5) is 0 Å². The summed E-state index contributed by atoms with van der Waals surface area (Å²) in [7, 11) is 0. The molecular formula is C20H39NO3. The second-order valence-corrected chi connectivity index (χ2v) is 6.15. The first-order valence-electron chi connectivity index (χ1n) is 9.90. The van der Waals surface area contributed by atoms with Gasteiger partial charge in [-0.2, -0.15) is 0 Å². The predicted molar refractivity (Wildman–Crippen MR) is 101 cm³/mol. The smallest absolute Gasteiger partial charge is 0.305 e. The quantitative estimate of drug-likeness (QED) is 0.224. The highest BCUT2D eigenvalue weighted by Crippen LogP contribution is 2.06. The van der Waals surface area contributed by atoms with Gasteiger partial charge in [-0.25, -0.2) is 0 Å². The number of esters is 1. The van der Waals surface area contributed by atoms with E-state index < -0.39 is 0 Å². The van der Waals surface area contributed by atoms with Crippen molar-refractivity contribution in [3.05, 3.63) is 12.2 Å². The van der Waals surface area contributed by atoms with Crippen LogP contribution in [0.1, 0.15) is 78.1 Å². The summed E-state index contributed by atoms with van der Waals surface area (Å²) in [5.41, 5.74) is 0. The number of allylic oxidation sites excluding steroid dienone is 2. The number of hydrogen-bond donors (Lipinski definition) is 1. The van der Waals surface area contributed by atoms with Gasteiger partial charge in [0.15, 0.2) is 0 Å². The Hall–Kier alpha value is -0.870. The number of unbranched alkanes of at least 4 members (excludes halogenated alkanes) is 6. The largest absolute Gasteiger partial charge is 0.464 e. The van der Waals surface area contributed by atoms with Crippen LogP contribution < -0.4 is 5.32 Å². The molecular weight excluding hydrogens is 302 g/mol. The van der Waals surface area contributed by atoms with Crippen LogP contribution in [0.3, 0.4) is 0 Å². The van der Waals surface area contributed by atoms with Crippen LogP contribution >= 0.6 is 0 Å². The molecule has 0 amide bonds. The van der Waals surface area contributed by atoms with Gasteiger partial charge >= 0.3 is 5.97 Å². The molecule has 4 heteroatoms. The molecule has 0 aromatic heterocycles. The van der Waals surface area contributed by atoms with Crippen LogP contribution in [0, 0.1) is 0 Å². The lowest BCUT2D eigenvalue weighted by atomic mass is 10.1. The highest BCUT2D eigenvalue weighted by molar-refractivity contribution is 5.69. The number of hydrogen-bond acceptors (Lipinski definition) is 4. The van der Waals surface area contributed by atoms with Crippen molar-refractivity contribution in [2.75, 3.05) is 32.9 Å². The molecule has 0 aliphatic carbocycles. The summed E-state index contributed by atoms with van der Waals surface area (Å²) in [5.74, 6) is -0.0907. The van der Waals surface area contributed by atoms with Crippen molar-refractivity contribution in [2.24, 2.45) is 0 Å². The number of carbonyl (C=O) groups excluding carboxylic acids is 1. The van der Waals surface area contributed by atoms with Crippen LogP contribution in [0.25, 0.3) is 0 Å². The third-order valence-corrected chi connectivity index (χ3v) is 3.71. The molecule has 0 saturated carbocycles. The first kappa shape index (κ1) is 23.1.